The molecule has 3 nitrogen and oxygen atoms in total. The van der Waals surface area contributed by atoms with Crippen LogP contribution in [0.4, 0.5) is 4.39 Å². The number of aromatic nitrogens is 2. The number of benzene rings is 1. The average molecular weight is 316 g/mol. The maximum Gasteiger partial charge on any atom is 0.263 e. The Morgan fingerprint density at radius 3 is 2.41 bits per heavy atom. The number of nitrogens with zero attached hydrogens (tertiary/aromatic N) is 2. The molecule has 0 aliphatic rings. The van der Waals surface area contributed by atoms with E-state index in [1.165, 1.54) is 23.5 Å². The zero-order valence-corrected chi connectivity index (χ0v) is 13.8. The molecule has 0 aliphatic heterocycles. The van der Waals surface area contributed by atoms with Crippen LogP contribution in [0.3, 0.4) is 0 Å². The normalized spacial score (nSPS) is 11.5. The summed E-state index contributed by atoms with van der Waals surface area (Å²) in [7, 11) is 0. The topological polar surface area (TPSA) is 34.9 Å². The molecular formula is C17H17FN2OS. The quantitative estimate of drug-likeness (QED) is 0.699. The predicted octanol–water partition coefficient (Wildman–Crippen LogP) is 4.46. The zero-order valence-electron chi connectivity index (χ0n) is 13.0. The number of halogens is 1. The minimum Gasteiger partial charge on any atom is -0.294 e. The molecule has 3 rings (SSSR count). The monoisotopic (exact) mass is 316 g/mol. The van der Waals surface area contributed by atoms with Crippen LogP contribution in [0.5, 0.6) is 0 Å². The summed E-state index contributed by atoms with van der Waals surface area (Å²) in [6.45, 7) is 7.77. The summed E-state index contributed by atoms with van der Waals surface area (Å²) in [4.78, 5) is 19.3. The second kappa shape index (κ2) is 5.32. The van der Waals surface area contributed by atoms with Crippen molar-refractivity contribution in [3.05, 3.63) is 51.1 Å². The second-order valence-corrected chi connectivity index (χ2v) is 6.85. The first kappa shape index (κ1) is 14.9. The van der Waals surface area contributed by atoms with Gasteiger partial charge in [0.2, 0.25) is 0 Å². The molecule has 0 amide bonds. The Morgan fingerprint density at radius 1 is 1.18 bits per heavy atom. The van der Waals surface area contributed by atoms with Crippen LogP contribution < -0.4 is 5.56 Å². The van der Waals surface area contributed by atoms with Gasteiger partial charge < -0.3 is 0 Å². The minimum atomic E-state index is -0.283. The molecule has 0 aliphatic carbocycles. The van der Waals surface area contributed by atoms with E-state index < -0.39 is 0 Å². The summed E-state index contributed by atoms with van der Waals surface area (Å²) in [5, 5.41) is 0.633. The Bertz CT molecular complexity index is 907. The van der Waals surface area contributed by atoms with Gasteiger partial charge in [-0.15, -0.1) is 11.3 Å². The molecule has 0 N–H and O–H groups in total. The van der Waals surface area contributed by atoms with Crippen molar-refractivity contribution in [2.45, 2.75) is 33.7 Å². The summed E-state index contributed by atoms with van der Waals surface area (Å²) in [6.07, 6.45) is 0. The van der Waals surface area contributed by atoms with Gasteiger partial charge in [0.05, 0.1) is 5.39 Å². The molecular weight excluding hydrogens is 299 g/mol. The lowest BCUT2D eigenvalue weighted by Crippen LogP contribution is -2.25. The Labute approximate surface area is 132 Å². The lowest BCUT2D eigenvalue weighted by Gasteiger charge is -2.13. The molecule has 0 atom stereocenters. The van der Waals surface area contributed by atoms with Gasteiger partial charge >= 0.3 is 0 Å². The molecule has 0 unspecified atom stereocenters. The standard InChI is InChI=1S/C17H17FN2OS/c1-9(2)20-11(4)19-16-15(17(20)21)14(10(3)22-16)12-5-7-13(18)8-6-12/h5-9H,1-4H3. The Balaban J connectivity index is 2.40. The van der Waals surface area contributed by atoms with Gasteiger partial charge in [-0.05, 0) is 45.4 Å². The third kappa shape index (κ3) is 2.25. The fraction of sp³-hybridized carbons (Fsp3) is 0.294. The first-order valence-corrected chi connectivity index (χ1v) is 8.00. The molecule has 0 spiro atoms. The summed E-state index contributed by atoms with van der Waals surface area (Å²) < 4.78 is 14.9. The lowest BCUT2D eigenvalue weighted by atomic mass is 10.0. The van der Waals surface area contributed by atoms with E-state index in [1.807, 2.05) is 27.7 Å². The van der Waals surface area contributed by atoms with Gasteiger partial charge in [0, 0.05) is 16.5 Å². The van der Waals surface area contributed by atoms with Crippen LogP contribution in [-0.2, 0) is 0 Å². The smallest absolute Gasteiger partial charge is 0.263 e. The Morgan fingerprint density at radius 2 is 1.82 bits per heavy atom. The van der Waals surface area contributed by atoms with E-state index in [4.69, 9.17) is 0 Å². The highest BCUT2D eigenvalue weighted by Crippen LogP contribution is 2.35. The maximum atomic E-state index is 13.2. The van der Waals surface area contributed by atoms with Gasteiger partial charge in [0.25, 0.3) is 5.56 Å². The van der Waals surface area contributed by atoms with Gasteiger partial charge in [-0.1, -0.05) is 12.1 Å². The van der Waals surface area contributed by atoms with Crippen molar-refractivity contribution in [2.75, 3.05) is 0 Å². The molecule has 22 heavy (non-hydrogen) atoms. The third-order valence-electron chi connectivity index (χ3n) is 3.76. The molecule has 0 saturated carbocycles. The number of aryl methyl sites for hydroxylation is 2. The molecule has 0 saturated heterocycles. The minimum absolute atomic E-state index is 0.0267. The number of thiophene rings is 1. The van der Waals surface area contributed by atoms with Crippen LogP contribution in [0.25, 0.3) is 21.3 Å². The summed E-state index contributed by atoms with van der Waals surface area (Å²) in [6, 6.07) is 6.30. The predicted molar refractivity (Wildman–Crippen MR) is 89.1 cm³/mol. The molecule has 5 heteroatoms. The van der Waals surface area contributed by atoms with E-state index in [1.54, 1.807) is 16.7 Å². The van der Waals surface area contributed by atoms with Crippen LogP contribution in [-0.4, -0.2) is 9.55 Å². The van der Waals surface area contributed by atoms with Crippen LogP contribution in [0.2, 0.25) is 0 Å². The summed E-state index contributed by atoms with van der Waals surface area (Å²) >= 11 is 1.51. The third-order valence-corrected chi connectivity index (χ3v) is 4.76. The van der Waals surface area contributed by atoms with Crippen LogP contribution in [0, 0.1) is 19.7 Å². The Hall–Kier alpha value is -2.01. The molecule has 3 aromatic rings. The lowest BCUT2D eigenvalue weighted by molar-refractivity contribution is 0.555. The number of hydrogen-bond donors (Lipinski definition) is 0. The summed E-state index contributed by atoms with van der Waals surface area (Å²) in [5.41, 5.74) is 1.69. The van der Waals surface area contributed by atoms with Crippen molar-refractivity contribution in [3.8, 4) is 11.1 Å². The largest absolute Gasteiger partial charge is 0.294 e. The zero-order chi connectivity index (χ0) is 16.0. The van der Waals surface area contributed by atoms with E-state index >= 15 is 0 Å². The van der Waals surface area contributed by atoms with Crippen molar-refractivity contribution < 1.29 is 4.39 Å². The van der Waals surface area contributed by atoms with Crippen molar-refractivity contribution in [2.24, 2.45) is 0 Å². The first-order chi connectivity index (χ1) is 10.4. The molecule has 2 aromatic heterocycles. The number of hydrogen-bond acceptors (Lipinski definition) is 3. The maximum absolute atomic E-state index is 13.2. The molecule has 1 aromatic carbocycles. The molecule has 2 heterocycles. The van der Waals surface area contributed by atoms with Gasteiger partial charge in [-0.3, -0.25) is 9.36 Å². The highest BCUT2D eigenvalue weighted by atomic mass is 32.1. The fourth-order valence-corrected chi connectivity index (χ4v) is 3.93. The van der Waals surface area contributed by atoms with E-state index in [0.29, 0.717) is 5.39 Å². The fourth-order valence-electron chi connectivity index (χ4n) is 2.85. The average Bonchev–Trinajstić information content (AvgIpc) is 2.75. The summed E-state index contributed by atoms with van der Waals surface area (Å²) in [5.74, 6) is 0.439. The highest BCUT2D eigenvalue weighted by Gasteiger charge is 2.19. The number of rotatable bonds is 2. The van der Waals surface area contributed by atoms with Crippen LogP contribution in [0.15, 0.2) is 29.1 Å². The van der Waals surface area contributed by atoms with Gasteiger partial charge in [0.15, 0.2) is 0 Å². The molecule has 0 bridgehead atoms. The van der Waals surface area contributed by atoms with Gasteiger partial charge in [0.1, 0.15) is 16.5 Å². The van der Waals surface area contributed by atoms with Crippen molar-refractivity contribution >= 4 is 21.6 Å². The van der Waals surface area contributed by atoms with Gasteiger partial charge in [-0.25, -0.2) is 9.37 Å². The van der Waals surface area contributed by atoms with E-state index in [9.17, 15) is 9.18 Å². The molecule has 0 radical (unpaired) electrons. The van der Waals surface area contributed by atoms with Crippen LogP contribution >= 0.6 is 11.3 Å². The van der Waals surface area contributed by atoms with Gasteiger partial charge in [-0.2, -0.15) is 0 Å². The Kier molecular flexibility index (Phi) is 3.60. The molecule has 0 fully saturated rings. The highest BCUT2D eigenvalue weighted by molar-refractivity contribution is 7.19. The second-order valence-electron chi connectivity index (χ2n) is 5.65. The van der Waals surface area contributed by atoms with E-state index in [2.05, 4.69) is 4.98 Å². The first-order valence-electron chi connectivity index (χ1n) is 7.18. The van der Waals surface area contributed by atoms with E-state index in [-0.39, 0.29) is 17.4 Å². The van der Waals surface area contributed by atoms with Crippen molar-refractivity contribution in [1.82, 2.24) is 9.55 Å². The van der Waals surface area contributed by atoms with Crippen molar-refractivity contribution in [3.63, 3.8) is 0 Å². The SMILES string of the molecule is Cc1sc2nc(C)n(C(C)C)c(=O)c2c1-c1ccc(F)cc1. The van der Waals surface area contributed by atoms with Crippen LogP contribution in [0.1, 0.15) is 30.6 Å². The van der Waals surface area contributed by atoms with Crippen molar-refractivity contribution in [1.29, 1.82) is 0 Å². The molecule has 114 valence electrons. The van der Waals surface area contributed by atoms with E-state index in [0.717, 1.165) is 26.7 Å². The number of fused-ring (bicyclic) bond motifs is 1.